The molecular weight excluding hydrogens is 524 g/mol. The molecule has 0 bridgehead atoms. The van der Waals surface area contributed by atoms with E-state index in [4.69, 9.17) is 9.47 Å². The lowest BCUT2D eigenvalue weighted by Crippen LogP contribution is -2.61. The zero-order valence-electron chi connectivity index (χ0n) is 25.4. The first kappa shape index (κ1) is 31.3. The molecule has 0 aromatic carbocycles. The van der Waals surface area contributed by atoms with Crippen LogP contribution in [0.15, 0.2) is 23.3 Å². The highest BCUT2D eigenvalue weighted by Gasteiger charge is 2.60. The molecule has 0 aromatic heterocycles. The Hall–Kier alpha value is -1.13. The van der Waals surface area contributed by atoms with E-state index in [2.05, 4.69) is 26.8 Å². The van der Waals surface area contributed by atoms with Gasteiger partial charge < -0.3 is 35.0 Å². The van der Waals surface area contributed by atoms with E-state index in [1.807, 2.05) is 13.8 Å². The molecule has 232 valence electrons. The van der Waals surface area contributed by atoms with Crippen molar-refractivity contribution in [3.63, 3.8) is 0 Å². The molecule has 5 N–H and O–H groups in total. The lowest BCUT2D eigenvalue weighted by Gasteiger charge is -2.59. The van der Waals surface area contributed by atoms with Gasteiger partial charge in [-0.1, -0.05) is 38.0 Å². The number of aliphatic hydroxyl groups is 5. The Balaban J connectivity index is 1.42. The van der Waals surface area contributed by atoms with Gasteiger partial charge in [0, 0.05) is 6.42 Å². The predicted octanol–water partition coefficient (Wildman–Crippen LogP) is 3.28. The zero-order chi connectivity index (χ0) is 29.9. The molecule has 0 radical (unpaired) electrons. The number of hydrogen-bond acceptors (Lipinski definition) is 8. The summed E-state index contributed by atoms with van der Waals surface area (Å²) in [7, 11) is 0. The molecule has 0 aromatic rings. The lowest BCUT2D eigenvalue weighted by molar-refractivity contribution is -0.322. The van der Waals surface area contributed by atoms with Crippen LogP contribution in [0.5, 0.6) is 0 Å². The number of fused-ring (bicyclic) bond motifs is 5. The fourth-order valence-electron chi connectivity index (χ4n) is 9.84. The van der Waals surface area contributed by atoms with Crippen LogP contribution in [0.2, 0.25) is 0 Å². The van der Waals surface area contributed by atoms with E-state index in [1.165, 1.54) is 5.57 Å². The molecular formula is C33H52O8. The van der Waals surface area contributed by atoms with E-state index in [0.717, 1.165) is 44.1 Å². The van der Waals surface area contributed by atoms with Crippen molar-refractivity contribution in [1.29, 1.82) is 0 Å². The van der Waals surface area contributed by atoms with Crippen molar-refractivity contribution in [1.82, 2.24) is 0 Å². The van der Waals surface area contributed by atoms with Crippen LogP contribution in [0.25, 0.3) is 0 Å². The molecule has 14 atom stereocenters. The quantitative estimate of drug-likeness (QED) is 0.230. The second-order valence-electron chi connectivity index (χ2n) is 14.7. The highest BCUT2D eigenvalue weighted by molar-refractivity contribution is 5.90. The van der Waals surface area contributed by atoms with Crippen molar-refractivity contribution in [3.8, 4) is 0 Å². The van der Waals surface area contributed by atoms with Crippen LogP contribution in [-0.2, 0) is 14.3 Å². The largest absolute Gasteiger partial charge is 0.394 e. The van der Waals surface area contributed by atoms with Gasteiger partial charge in [0.05, 0.1) is 18.8 Å². The minimum absolute atomic E-state index is 0.0169. The molecule has 0 amide bonds. The van der Waals surface area contributed by atoms with Crippen molar-refractivity contribution in [2.24, 2.45) is 40.4 Å². The summed E-state index contributed by atoms with van der Waals surface area (Å²) in [5.41, 5.74) is 2.44. The molecule has 1 heterocycles. The van der Waals surface area contributed by atoms with Gasteiger partial charge >= 0.3 is 0 Å². The number of carbonyl (C=O) groups excluding carboxylic acids is 1. The number of aliphatic hydroxyl groups excluding tert-OH is 5. The maximum atomic E-state index is 12.7. The highest BCUT2D eigenvalue weighted by Crippen LogP contribution is 2.67. The molecule has 0 spiro atoms. The van der Waals surface area contributed by atoms with Crippen molar-refractivity contribution < 1.29 is 39.8 Å². The molecule has 3 saturated carbocycles. The fraction of sp³-hybridized carbons (Fsp3) is 0.848. The Morgan fingerprint density at radius 1 is 1.07 bits per heavy atom. The SMILES string of the molecule is CC(C)=CC(=O)CC(C)C1CCC2C3CC(OC4OC(CO)C(O)C(O)C4O)C4CC(O)CCC4(C)C3=CCC12C. The van der Waals surface area contributed by atoms with E-state index in [-0.39, 0.29) is 34.6 Å². The van der Waals surface area contributed by atoms with Gasteiger partial charge in [0.2, 0.25) is 0 Å². The first-order valence-electron chi connectivity index (χ1n) is 15.8. The Labute approximate surface area is 244 Å². The molecule has 41 heavy (non-hydrogen) atoms. The van der Waals surface area contributed by atoms with Crippen LogP contribution in [0, 0.1) is 40.4 Å². The topological polar surface area (TPSA) is 137 Å². The van der Waals surface area contributed by atoms with Gasteiger partial charge in [-0.2, -0.15) is 0 Å². The van der Waals surface area contributed by atoms with Gasteiger partial charge in [-0.05, 0) is 105 Å². The number of ketones is 1. The van der Waals surface area contributed by atoms with Crippen LogP contribution >= 0.6 is 0 Å². The molecule has 4 aliphatic carbocycles. The van der Waals surface area contributed by atoms with Crippen LogP contribution < -0.4 is 0 Å². The van der Waals surface area contributed by atoms with Crippen molar-refractivity contribution in [2.45, 2.75) is 129 Å². The molecule has 4 fully saturated rings. The highest BCUT2D eigenvalue weighted by atomic mass is 16.7. The van der Waals surface area contributed by atoms with Crippen LogP contribution in [0.1, 0.15) is 86.0 Å². The number of allylic oxidation sites excluding steroid dienone is 4. The summed E-state index contributed by atoms with van der Waals surface area (Å²) < 4.78 is 12.3. The Bertz CT molecular complexity index is 1030. The van der Waals surface area contributed by atoms with Crippen LogP contribution in [0.4, 0.5) is 0 Å². The Morgan fingerprint density at radius 3 is 2.49 bits per heavy atom. The maximum Gasteiger partial charge on any atom is 0.186 e. The molecule has 1 aliphatic heterocycles. The summed E-state index contributed by atoms with van der Waals surface area (Å²) in [4.78, 5) is 12.7. The van der Waals surface area contributed by atoms with E-state index in [0.29, 0.717) is 30.6 Å². The Kier molecular flexibility index (Phi) is 8.97. The van der Waals surface area contributed by atoms with Crippen molar-refractivity contribution in [2.75, 3.05) is 6.61 Å². The molecule has 5 aliphatic rings. The molecule has 5 rings (SSSR count). The third kappa shape index (κ3) is 5.52. The van der Waals surface area contributed by atoms with E-state index < -0.39 is 43.4 Å². The average Bonchev–Trinajstić information content (AvgIpc) is 3.26. The first-order valence-corrected chi connectivity index (χ1v) is 15.8. The summed E-state index contributed by atoms with van der Waals surface area (Å²) in [6.45, 7) is 10.4. The normalized spacial score (nSPS) is 48.3. The van der Waals surface area contributed by atoms with Gasteiger partial charge in [-0.3, -0.25) is 4.79 Å². The van der Waals surface area contributed by atoms with E-state index >= 15 is 0 Å². The van der Waals surface area contributed by atoms with Gasteiger partial charge in [0.25, 0.3) is 0 Å². The summed E-state index contributed by atoms with van der Waals surface area (Å²) >= 11 is 0. The zero-order valence-corrected chi connectivity index (χ0v) is 25.4. The second kappa shape index (κ2) is 11.8. The van der Waals surface area contributed by atoms with E-state index in [1.54, 1.807) is 6.08 Å². The fourth-order valence-corrected chi connectivity index (χ4v) is 9.84. The van der Waals surface area contributed by atoms with Gasteiger partial charge in [0.1, 0.15) is 24.4 Å². The number of ether oxygens (including phenoxy) is 2. The molecule has 14 unspecified atom stereocenters. The molecule has 8 heteroatoms. The summed E-state index contributed by atoms with van der Waals surface area (Å²) in [6, 6.07) is 0. The molecule has 1 saturated heterocycles. The molecule has 8 nitrogen and oxygen atoms in total. The summed E-state index contributed by atoms with van der Waals surface area (Å²) in [5.74, 6) is 1.69. The lowest BCUT2D eigenvalue weighted by atomic mass is 9.47. The minimum Gasteiger partial charge on any atom is -0.394 e. The second-order valence-corrected chi connectivity index (χ2v) is 14.7. The monoisotopic (exact) mass is 576 g/mol. The van der Waals surface area contributed by atoms with Crippen LogP contribution in [0.3, 0.4) is 0 Å². The van der Waals surface area contributed by atoms with Crippen LogP contribution in [-0.4, -0.2) is 80.8 Å². The smallest absolute Gasteiger partial charge is 0.186 e. The first-order chi connectivity index (χ1) is 19.3. The summed E-state index contributed by atoms with van der Waals surface area (Å²) in [5, 5.41) is 51.9. The summed E-state index contributed by atoms with van der Waals surface area (Å²) in [6.07, 6.45) is 3.61. The van der Waals surface area contributed by atoms with Crippen molar-refractivity contribution >= 4 is 5.78 Å². The minimum atomic E-state index is -1.49. The Morgan fingerprint density at radius 2 is 1.80 bits per heavy atom. The predicted molar refractivity (Wildman–Crippen MR) is 153 cm³/mol. The van der Waals surface area contributed by atoms with E-state index in [9.17, 15) is 30.3 Å². The van der Waals surface area contributed by atoms with Gasteiger partial charge in [0.15, 0.2) is 12.1 Å². The third-order valence-corrected chi connectivity index (χ3v) is 11.9. The number of hydrogen-bond donors (Lipinski definition) is 5. The van der Waals surface area contributed by atoms with Crippen molar-refractivity contribution in [3.05, 3.63) is 23.3 Å². The maximum absolute atomic E-state index is 12.7. The number of rotatable bonds is 7. The third-order valence-electron chi connectivity index (χ3n) is 11.9. The average molecular weight is 577 g/mol. The standard InChI is InChI=1S/C33H52O8/c1-17(2)12-20(36)13-18(3)22-6-7-23-21-15-26(40-31-30(39)29(38)28(37)27(16-34)41-31)25-14-19(35)8-10-33(25,5)24(21)9-11-32(22,23)4/h9,12,18-19,21-23,25-31,34-35,37-39H,6-8,10-11,13-16H2,1-5H3. The van der Waals surface area contributed by atoms with Gasteiger partial charge in [-0.15, -0.1) is 0 Å². The van der Waals surface area contributed by atoms with Gasteiger partial charge in [-0.25, -0.2) is 0 Å². The number of carbonyl (C=O) groups is 1.